The fourth-order valence-electron chi connectivity index (χ4n) is 1.91. The number of sulfonamides is 1. The second-order valence-electron chi connectivity index (χ2n) is 4.88. The second kappa shape index (κ2) is 4.67. The summed E-state index contributed by atoms with van der Waals surface area (Å²) in [7, 11) is -3.90. The Morgan fingerprint density at radius 2 is 2.11 bits per heavy atom. The number of hydrogen-bond acceptors (Lipinski definition) is 4. The molecule has 1 saturated carbocycles. The maximum Gasteiger partial charge on any atom is 0.264 e. The summed E-state index contributed by atoms with van der Waals surface area (Å²) in [5.41, 5.74) is 0.751. The van der Waals surface area contributed by atoms with Crippen molar-refractivity contribution in [2.24, 2.45) is 11.8 Å². The number of carbonyl (C=O) groups is 1. The summed E-state index contributed by atoms with van der Waals surface area (Å²) in [4.78, 5) is 11.7. The standard InChI is InChI=1S/C13H14N2O3S/c1-8-3-4-10(7-14)6-12(8)19(17,18)15-13(16)11-5-9(11)2/h3-4,6,9,11H,5H2,1-2H3,(H,15,16). The van der Waals surface area contributed by atoms with Crippen LogP contribution in [0.15, 0.2) is 23.1 Å². The van der Waals surface area contributed by atoms with E-state index in [9.17, 15) is 13.2 Å². The van der Waals surface area contributed by atoms with Gasteiger partial charge in [-0.2, -0.15) is 5.26 Å². The zero-order valence-electron chi connectivity index (χ0n) is 10.7. The van der Waals surface area contributed by atoms with Gasteiger partial charge in [0.2, 0.25) is 5.91 Å². The molecule has 1 fully saturated rings. The summed E-state index contributed by atoms with van der Waals surface area (Å²) in [6.45, 7) is 3.53. The van der Waals surface area contributed by atoms with Crippen molar-refractivity contribution in [3.05, 3.63) is 29.3 Å². The van der Waals surface area contributed by atoms with Gasteiger partial charge in [0.1, 0.15) is 0 Å². The van der Waals surface area contributed by atoms with E-state index >= 15 is 0 Å². The van der Waals surface area contributed by atoms with Crippen LogP contribution in [0.5, 0.6) is 0 Å². The summed E-state index contributed by atoms with van der Waals surface area (Å²) < 4.78 is 26.3. The lowest BCUT2D eigenvalue weighted by Crippen LogP contribution is -2.32. The maximum absolute atomic E-state index is 12.1. The lowest BCUT2D eigenvalue weighted by Gasteiger charge is -2.09. The van der Waals surface area contributed by atoms with E-state index in [1.54, 1.807) is 19.1 Å². The van der Waals surface area contributed by atoms with Gasteiger partial charge in [-0.15, -0.1) is 0 Å². The van der Waals surface area contributed by atoms with E-state index in [4.69, 9.17) is 5.26 Å². The lowest BCUT2D eigenvalue weighted by atomic mass is 10.2. The summed E-state index contributed by atoms with van der Waals surface area (Å²) in [5, 5.41) is 8.80. The molecule has 1 aromatic carbocycles. The van der Waals surface area contributed by atoms with Crippen LogP contribution in [0.25, 0.3) is 0 Å². The Morgan fingerprint density at radius 1 is 1.47 bits per heavy atom. The van der Waals surface area contributed by atoms with Crippen molar-refractivity contribution in [3.63, 3.8) is 0 Å². The number of carbonyl (C=O) groups excluding carboxylic acids is 1. The molecule has 0 heterocycles. The highest BCUT2D eigenvalue weighted by atomic mass is 32.2. The Morgan fingerprint density at radius 3 is 2.63 bits per heavy atom. The molecule has 0 bridgehead atoms. The van der Waals surface area contributed by atoms with Gasteiger partial charge < -0.3 is 0 Å². The molecule has 19 heavy (non-hydrogen) atoms. The Hall–Kier alpha value is -1.87. The van der Waals surface area contributed by atoms with Gasteiger partial charge in [0.05, 0.1) is 16.5 Å². The van der Waals surface area contributed by atoms with Crippen LogP contribution >= 0.6 is 0 Å². The first-order valence-electron chi connectivity index (χ1n) is 5.92. The largest absolute Gasteiger partial charge is 0.274 e. The highest BCUT2D eigenvalue weighted by molar-refractivity contribution is 7.90. The van der Waals surface area contributed by atoms with Crippen LogP contribution in [0.1, 0.15) is 24.5 Å². The average molecular weight is 278 g/mol. The molecule has 1 aliphatic rings. The fourth-order valence-corrected chi connectivity index (χ4v) is 3.21. The topological polar surface area (TPSA) is 87.0 Å². The molecule has 0 radical (unpaired) electrons. The van der Waals surface area contributed by atoms with Crippen molar-refractivity contribution in [2.75, 3.05) is 0 Å². The number of rotatable bonds is 3. The van der Waals surface area contributed by atoms with E-state index in [1.165, 1.54) is 6.07 Å². The number of hydrogen-bond donors (Lipinski definition) is 1. The maximum atomic E-state index is 12.1. The van der Waals surface area contributed by atoms with E-state index in [1.807, 2.05) is 13.0 Å². The van der Waals surface area contributed by atoms with Crippen molar-refractivity contribution < 1.29 is 13.2 Å². The lowest BCUT2D eigenvalue weighted by molar-refractivity contribution is -0.120. The van der Waals surface area contributed by atoms with Crippen LogP contribution in [-0.4, -0.2) is 14.3 Å². The van der Waals surface area contributed by atoms with Crippen molar-refractivity contribution in [3.8, 4) is 6.07 Å². The first-order chi connectivity index (χ1) is 8.85. The number of nitrogens with one attached hydrogen (secondary N) is 1. The molecular weight excluding hydrogens is 264 g/mol. The predicted molar refractivity (Wildman–Crippen MR) is 68.5 cm³/mol. The second-order valence-corrected chi connectivity index (χ2v) is 6.53. The monoisotopic (exact) mass is 278 g/mol. The minimum absolute atomic E-state index is 0.0202. The Labute approximate surface area is 112 Å². The van der Waals surface area contributed by atoms with Gasteiger partial charge in [0.15, 0.2) is 0 Å². The first kappa shape index (κ1) is 13.6. The van der Waals surface area contributed by atoms with E-state index in [2.05, 4.69) is 4.72 Å². The molecule has 1 amide bonds. The smallest absolute Gasteiger partial charge is 0.264 e. The quantitative estimate of drug-likeness (QED) is 0.903. The summed E-state index contributed by atoms with van der Waals surface area (Å²) in [5.74, 6) is -0.440. The Kier molecular flexibility index (Phi) is 3.33. The third-order valence-corrected chi connectivity index (χ3v) is 4.78. The molecule has 0 saturated heterocycles. The normalized spacial score (nSPS) is 21.5. The molecule has 0 aromatic heterocycles. The number of nitriles is 1. The van der Waals surface area contributed by atoms with Crippen molar-refractivity contribution in [1.29, 1.82) is 5.26 Å². The number of nitrogens with zero attached hydrogens (tertiary/aromatic N) is 1. The molecule has 6 heteroatoms. The molecule has 2 rings (SSSR count). The third kappa shape index (κ3) is 2.76. The minimum atomic E-state index is -3.90. The van der Waals surface area contributed by atoms with Crippen LogP contribution in [-0.2, 0) is 14.8 Å². The molecule has 1 aromatic rings. The van der Waals surface area contributed by atoms with E-state index < -0.39 is 15.9 Å². The Bertz CT molecular complexity index is 674. The molecule has 1 N–H and O–H groups in total. The minimum Gasteiger partial charge on any atom is -0.274 e. The summed E-state index contributed by atoms with van der Waals surface area (Å²) in [6.07, 6.45) is 0.721. The van der Waals surface area contributed by atoms with Gasteiger partial charge in [0.25, 0.3) is 10.0 Å². The first-order valence-corrected chi connectivity index (χ1v) is 7.41. The fraction of sp³-hybridized carbons (Fsp3) is 0.385. The molecule has 2 atom stereocenters. The van der Waals surface area contributed by atoms with Crippen LogP contribution < -0.4 is 4.72 Å². The van der Waals surface area contributed by atoms with Crippen LogP contribution in [0.2, 0.25) is 0 Å². The van der Waals surface area contributed by atoms with E-state index in [0.717, 1.165) is 6.42 Å². The van der Waals surface area contributed by atoms with E-state index in [-0.39, 0.29) is 22.3 Å². The van der Waals surface area contributed by atoms with Gasteiger partial charge >= 0.3 is 0 Å². The molecule has 5 nitrogen and oxygen atoms in total. The highest BCUT2D eigenvalue weighted by Crippen LogP contribution is 2.38. The number of benzene rings is 1. The Balaban J connectivity index is 2.29. The van der Waals surface area contributed by atoms with Gasteiger partial charge in [0, 0.05) is 5.92 Å². The van der Waals surface area contributed by atoms with Gasteiger partial charge in [-0.05, 0) is 37.0 Å². The summed E-state index contributed by atoms with van der Waals surface area (Å²) >= 11 is 0. The zero-order valence-corrected chi connectivity index (χ0v) is 11.5. The van der Waals surface area contributed by atoms with Crippen molar-refractivity contribution in [1.82, 2.24) is 4.72 Å². The van der Waals surface area contributed by atoms with Crippen LogP contribution in [0.4, 0.5) is 0 Å². The molecule has 100 valence electrons. The van der Waals surface area contributed by atoms with E-state index in [0.29, 0.717) is 5.56 Å². The van der Waals surface area contributed by atoms with Crippen molar-refractivity contribution in [2.45, 2.75) is 25.2 Å². The van der Waals surface area contributed by atoms with Gasteiger partial charge in [-0.1, -0.05) is 13.0 Å². The van der Waals surface area contributed by atoms with Gasteiger partial charge in [-0.3, -0.25) is 4.79 Å². The van der Waals surface area contributed by atoms with Crippen LogP contribution in [0, 0.1) is 30.1 Å². The SMILES string of the molecule is Cc1ccc(C#N)cc1S(=O)(=O)NC(=O)C1CC1C. The average Bonchev–Trinajstić information content (AvgIpc) is 3.06. The third-order valence-electron chi connectivity index (χ3n) is 3.29. The highest BCUT2D eigenvalue weighted by Gasteiger charge is 2.40. The van der Waals surface area contributed by atoms with Crippen LogP contribution in [0.3, 0.4) is 0 Å². The van der Waals surface area contributed by atoms with Gasteiger partial charge in [-0.25, -0.2) is 13.1 Å². The molecule has 2 unspecified atom stereocenters. The molecule has 0 aliphatic heterocycles. The number of amides is 1. The predicted octanol–water partition coefficient (Wildman–Crippen LogP) is 1.33. The molecular formula is C13H14N2O3S. The number of aryl methyl sites for hydroxylation is 1. The molecule has 1 aliphatic carbocycles. The van der Waals surface area contributed by atoms with Crippen molar-refractivity contribution >= 4 is 15.9 Å². The zero-order chi connectivity index (χ0) is 14.2. The summed E-state index contributed by atoms with van der Waals surface area (Å²) in [6, 6.07) is 6.26. The molecule has 0 spiro atoms.